The molecule has 0 atom stereocenters. The number of hydrogen-bond acceptors (Lipinski definition) is 3. The Balaban J connectivity index is 1.51. The van der Waals surface area contributed by atoms with Crippen LogP contribution in [-0.4, -0.2) is 22.1 Å². The summed E-state index contributed by atoms with van der Waals surface area (Å²) in [6, 6.07) is 11.5. The van der Waals surface area contributed by atoms with Crippen LogP contribution in [-0.2, 0) is 19.5 Å². The van der Waals surface area contributed by atoms with Crippen molar-refractivity contribution in [2.24, 2.45) is 5.92 Å². The molecule has 3 nitrogen and oxygen atoms in total. The van der Waals surface area contributed by atoms with Gasteiger partial charge in [0.25, 0.3) is 5.56 Å². The molecule has 0 saturated heterocycles. The first-order valence-electron chi connectivity index (χ1n) is 10.7. The Labute approximate surface area is 169 Å². The number of benzene rings is 1. The molecular weight excluding hydrogens is 364 g/mol. The van der Waals surface area contributed by atoms with E-state index in [2.05, 4.69) is 45.2 Å². The van der Waals surface area contributed by atoms with Crippen LogP contribution in [0.15, 0.2) is 40.5 Å². The van der Waals surface area contributed by atoms with Gasteiger partial charge in [-0.15, -0.1) is 11.3 Å². The Kier molecular flexibility index (Phi) is 3.98. The van der Waals surface area contributed by atoms with Gasteiger partial charge in [-0.1, -0.05) is 24.6 Å². The first-order chi connectivity index (χ1) is 13.8. The fraction of sp³-hybridized carbons (Fsp3) is 0.458. The lowest BCUT2D eigenvalue weighted by Crippen LogP contribution is -2.44. The Bertz CT molecular complexity index is 1100. The quantitative estimate of drug-likeness (QED) is 0.623. The molecule has 0 N–H and O–H groups in total. The van der Waals surface area contributed by atoms with Crippen LogP contribution >= 0.6 is 11.3 Å². The molecule has 0 amide bonds. The van der Waals surface area contributed by atoms with E-state index < -0.39 is 0 Å². The zero-order chi connectivity index (χ0) is 18.7. The minimum atomic E-state index is 0.226. The molecule has 144 valence electrons. The lowest BCUT2D eigenvalue weighted by molar-refractivity contribution is 0.111. The monoisotopic (exact) mass is 390 g/mol. The maximum absolute atomic E-state index is 13.6. The van der Waals surface area contributed by atoms with Crippen LogP contribution < -0.4 is 5.56 Å². The third-order valence-corrected chi connectivity index (χ3v) is 7.96. The van der Waals surface area contributed by atoms with E-state index >= 15 is 0 Å². The van der Waals surface area contributed by atoms with Crippen molar-refractivity contribution >= 4 is 21.4 Å². The summed E-state index contributed by atoms with van der Waals surface area (Å²) in [6.07, 6.45) is 7.65. The van der Waals surface area contributed by atoms with Crippen molar-refractivity contribution < 1.29 is 0 Å². The van der Waals surface area contributed by atoms with Crippen LogP contribution in [0.3, 0.4) is 0 Å². The second-order valence-electron chi connectivity index (χ2n) is 8.84. The Morgan fingerprint density at radius 3 is 2.75 bits per heavy atom. The fourth-order valence-corrected chi connectivity index (χ4v) is 5.88. The summed E-state index contributed by atoms with van der Waals surface area (Å²) in [5.74, 6) is 0.708. The van der Waals surface area contributed by atoms with Crippen molar-refractivity contribution in [3.05, 3.63) is 57.3 Å². The van der Waals surface area contributed by atoms with Crippen LogP contribution in [0, 0.1) is 5.92 Å². The van der Waals surface area contributed by atoms with Gasteiger partial charge >= 0.3 is 0 Å². The molecule has 2 aromatic heterocycles. The molecule has 1 aromatic carbocycles. The molecule has 3 aliphatic rings. The first-order valence-corrected chi connectivity index (χ1v) is 11.6. The number of rotatable bonds is 4. The van der Waals surface area contributed by atoms with Crippen molar-refractivity contribution in [2.75, 3.05) is 6.54 Å². The maximum atomic E-state index is 13.6. The summed E-state index contributed by atoms with van der Waals surface area (Å²) in [5, 5.41) is 3.37. The molecule has 0 spiro atoms. The molecule has 0 unspecified atom stereocenters. The van der Waals surface area contributed by atoms with Gasteiger partial charge in [-0.25, -0.2) is 0 Å². The molecular formula is C24H26N2OS. The number of pyridine rings is 1. The van der Waals surface area contributed by atoms with Gasteiger partial charge in [0.1, 0.15) is 0 Å². The molecule has 3 aromatic rings. The largest absolute Gasteiger partial charge is 0.311 e. The van der Waals surface area contributed by atoms with E-state index in [0.29, 0.717) is 5.92 Å². The predicted octanol–water partition coefficient (Wildman–Crippen LogP) is 5.05. The molecule has 2 aliphatic carbocycles. The van der Waals surface area contributed by atoms with Gasteiger partial charge in [-0.2, -0.15) is 0 Å². The lowest BCUT2D eigenvalue weighted by Gasteiger charge is -2.41. The smallest absolute Gasteiger partial charge is 0.258 e. The second-order valence-corrected chi connectivity index (χ2v) is 9.75. The number of fused-ring (bicyclic) bond motifs is 2. The molecule has 4 heteroatoms. The Morgan fingerprint density at radius 2 is 1.96 bits per heavy atom. The Hall–Kier alpha value is -1.91. The van der Waals surface area contributed by atoms with Gasteiger partial charge in [-0.05, 0) is 60.1 Å². The molecule has 3 heterocycles. The molecule has 0 radical (unpaired) electrons. The van der Waals surface area contributed by atoms with Crippen LogP contribution in [0.25, 0.3) is 21.2 Å². The first kappa shape index (κ1) is 17.0. The molecule has 1 aliphatic heterocycles. The summed E-state index contributed by atoms with van der Waals surface area (Å²) in [5.41, 5.74) is 4.95. The average molecular weight is 391 g/mol. The molecule has 2 fully saturated rings. The maximum Gasteiger partial charge on any atom is 0.258 e. The standard InChI is InChI=1S/C24H26N2OS/c27-24-21(20-6-1-3-17-10-12-28-23(17)20)13-18-15-25(19-4-2-5-19)11-9-22(18)26(24)14-16-7-8-16/h1,3,6,10,12-13,16,19H,2,4-5,7-9,11,14-15H2. The summed E-state index contributed by atoms with van der Waals surface area (Å²) in [4.78, 5) is 16.3. The highest BCUT2D eigenvalue weighted by Gasteiger charge is 2.31. The highest BCUT2D eigenvalue weighted by atomic mass is 32.1. The minimum absolute atomic E-state index is 0.226. The normalized spacial score (nSPS) is 20.3. The summed E-state index contributed by atoms with van der Waals surface area (Å²) in [7, 11) is 0. The molecule has 2 saturated carbocycles. The fourth-order valence-electron chi connectivity index (χ4n) is 4.95. The average Bonchev–Trinajstić information content (AvgIpc) is 3.35. The molecule has 0 bridgehead atoms. The van der Waals surface area contributed by atoms with E-state index in [9.17, 15) is 4.79 Å². The molecule has 6 rings (SSSR count). The van der Waals surface area contributed by atoms with Gasteiger partial charge in [-0.3, -0.25) is 9.69 Å². The number of nitrogens with zero attached hydrogens (tertiary/aromatic N) is 2. The predicted molar refractivity (Wildman–Crippen MR) is 116 cm³/mol. The van der Waals surface area contributed by atoms with Crippen LogP contribution in [0.4, 0.5) is 0 Å². The van der Waals surface area contributed by atoms with E-state index in [1.54, 1.807) is 11.3 Å². The topological polar surface area (TPSA) is 25.2 Å². The van der Waals surface area contributed by atoms with Crippen LogP contribution in [0.5, 0.6) is 0 Å². The van der Waals surface area contributed by atoms with Gasteiger partial charge in [0.2, 0.25) is 0 Å². The zero-order valence-electron chi connectivity index (χ0n) is 16.2. The van der Waals surface area contributed by atoms with E-state index in [1.165, 1.54) is 53.4 Å². The van der Waals surface area contributed by atoms with E-state index in [-0.39, 0.29) is 5.56 Å². The highest BCUT2D eigenvalue weighted by molar-refractivity contribution is 7.17. The summed E-state index contributed by atoms with van der Waals surface area (Å²) in [6.45, 7) is 3.04. The van der Waals surface area contributed by atoms with Crippen LogP contribution in [0.2, 0.25) is 0 Å². The van der Waals surface area contributed by atoms with Gasteiger partial charge in [0.05, 0.1) is 0 Å². The van der Waals surface area contributed by atoms with Gasteiger partial charge in [0.15, 0.2) is 0 Å². The van der Waals surface area contributed by atoms with Gasteiger partial charge < -0.3 is 4.57 Å². The van der Waals surface area contributed by atoms with Crippen molar-refractivity contribution in [1.29, 1.82) is 0 Å². The number of aromatic nitrogens is 1. The highest BCUT2D eigenvalue weighted by Crippen LogP contribution is 2.36. The van der Waals surface area contributed by atoms with Crippen molar-refractivity contribution in [3.8, 4) is 11.1 Å². The SMILES string of the molecule is O=c1c(-c2cccc3ccsc23)cc2c(n1CC1CC1)CCN(C1CCC1)C2. The summed E-state index contributed by atoms with van der Waals surface area (Å²) < 4.78 is 3.40. The summed E-state index contributed by atoms with van der Waals surface area (Å²) >= 11 is 1.75. The van der Waals surface area contributed by atoms with Gasteiger partial charge in [0, 0.05) is 53.6 Å². The van der Waals surface area contributed by atoms with E-state index in [4.69, 9.17) is 0 Å². The van der Waals surface area contributed by atoms with Crippen LogP contribution in [0.1, 0.15) is 43.4 Å². The van der Waals surface area contributed by atoms with E-state index in [0.717, 1.165) is 43.2 Å². The zero-order valence-corrected chi connectivity index (χ0v) is 17.0. The molecule has 28 heavy (non-hydrogen) atoms. The number of thiophene rings is 1. The third-order valence-electron chi connectivity index (χ3n) is 7.00. The second kappa shape index (κ2) is 6.57. The van der Waals surface area contributed by atoms with Crippen molar-refractivity contribution in [1.82, 2.24) is 9.47 Å². The van der Waals surface area contributed by atoms with Crippen molar-refractivity contribution in [2.45, 2.75) is 57.7 Å². The Morgan fingerprint density at radius 1 is 1.07 bits per heavy atom. The van der Waals surface area contributed by atoms with E-state index in [1.807, 2.05) is 0 Å². The lowest BCUT2D eigenvalue weighted by atomic mass is 9.89. The van der Waals surface area contributed by atoms with Crippen molar-refractivity contribution in [3.63, 3.8) is 0 Å². The number of hydrogen-bond donors (Lipinski definition) is 0. The minimum Gasteiger partial charge on any atom is -0.311 e. The third kappa shape index (κ3) is 2.77.